The minimum absolute atomic E-state index is 0.0776. The van der Waals surface area contributed by atoms with Crippen molar-refractivity contribution in [3.05, 3.63) is 53.6 Å². The summed E-state index contributed by atoms with van der Waals surface area (Å²) in [6.07, 6.45) is -0.506. The van der Waals surface area contributed by atoms with Crippen LogP contribution in [0.5, 0.6) is 0 Å². The third kappa shape index (κ3) is 2.94. The van der Waals surface area contributed by atoms with Crippen molar-refractivity contribution >= 4 is 23.3 Å². The van der Waals surface area contributed by atoms with Crippen molar-refractivity contribution in [1.29, 1.82) is 5.26 Å². The normalized spacial score (nSPS) is 29.2. The first kappa shape index (κ1) is 20.4. The molecule has 0 bridgehead atoms. The number of benzene rings is 2. The van der Waals surface area contributed by atoms with Crippen LogP contribution >= 0.6 is 0 Å². The van der Waals surface area contributed by atoms with Gasteiger partial charge in [-0.05, 0) is 55.2 Å². The van der Waals surface area contributed by atoms with Crippen molar-refractivity contribution < 1.29 is 19.1 Å². The average Bonchev–Trinajstić information content (AvgIpc) is 2.77. The maximum Gasteiger partial charge on any atom is 0.242 e. The number of imide groups is 1. The number of hydrogen-bond acceptors (Lipinski definition) is 6. The van der Waals surface area contributed by atoms with Gasteiger partial charge in [0.05, 0.1) is 36.3 Å². The Labute approximate surface area is 186 Å². The SMILES string of the molecule is C[C@@H]1CN2c3cc(-c4ccc(C#N)cc4)ccc3C[C@@]3(C(=O)CC(=O)NC3=O)[C@H]2[C@H](C)O1. The van der Waals surface area contributed by atoms with Gasteiger partial charge in [-0.15, -0.1) is 0 Å². The van der Waals surface area contributed by atoms with Crippen LogP contribution in [-0.4, -0.2) is 42.4 Å². The molecule has 32 heavy (non-hydrogen) atoms. The zero-order chi connectivity index (χ0) is 22.6. The first-order valence-electron chi connectivity index (χ1n) is 10.8. The van der Waals surface area contributed by atoms with Crippen molar-refractivity contribution in [2.75, 3.05) is 11.4 Å². The fourth-order valence-corrected chi connectivity index (χ4v) is 5.54. The largest absolute Gasteiger partial charge is 0.372 e. The van der Waals surface area contributed by atoms with E-state index >= 15 is 0 Å². The minimum Gasteiger partial charge on any atom is -0.372 e. The fraction of sp³-hybridized carbons (Fsp3) is 0.360. The van der Waals surface area contributed by atoms with Gasteiger partial charge in [-0.25, -0.2) is 0 Å². The van der Waals surface area contributed by atoms with E-state index in [2.05, 4.69) is 22.4 Å². The minimum atomic E-state index is -1.35. The molecule has 5 rings (SSSR count). The summed E-state index contributed by atoms with van der Waals surface area (Å²) in [4.78, 5) is 40.4. The Morgan fingerprint density at radius 1 is 1.09 bits per heavy atom. The second kappa shape index (κ2) is 7.28. The summed E-state index contributed by atoms with van der Waals surface area (Å²) < 4.78 is 6.07. The van der Waals surface area contributed by atoms with Crippen LogP contribution in [-0.2, 0) is 25.5 Å². The number of ketones is 1. The van der Waals surface area contributed by atoms with Crippen LogP contribution in [0.2, 0.25) is 0 Å². The molecule has 7 nitrogen and oxygen atoms in total. The van der Waals surface area contributed by atoms with Crippen LogP contribution in [0.25, 0.3) is 11.1 Å². The van der Waals surface area contributed by atoms with E-state index in [0.29, 0.717) is 12.1 Å². The number of anilines is 1. The fourth-order valence-electron chi connectivity index (χ4n) is 5.54. The van der Waals surface area contributed by atoms with Gasteiger partial charge in [0.1, 0.15) is 5.41 Å². The number of ether oxygens (including phenoxy) is 1. The molecule has 0 unspecified atom stereocenters. The number of Topliss-reactive ketones (excluding diaryl/α,β-unsaturated/α-hetero) is 1. The Bertz CT molecular complexity index is 1160. The van der Waals surface area contributed by atoms with Crippen LogP contribution < -0.4 is 10.2 Å². The molecule has 2 saturated heterocycles. The third-order valence-electron chi connectivity index (χ3n) is 6.87. The summed E-state index contributed by atoms with van der Waals surface area (Å²) in [5, 5.41) is 11.5. The molecule has 1 spiro atoms. The number of nitrogens with one attached hydrogen (secondary N) is 1. The summed E-state index contributed by atoms with van der Waals surface area (Å²) >= 11 is 0. The van der Waals surface area contributed by atoms with Gasteiger partial charge >= 0.3 is 0 Å². The van der Waals surface area contributed by atoms with Gasteiger partial charge in [-0.2, -0.15) is 5.26 Å². The number of fused-ring (bicyclic) bond motifs is 4. The Balaban J connectivity index is 1.64. The molecule has 1 N–H and O–H groups in total. The predicted molar refractivity (Wildman–Crippen MR) is 117 cm³/mol. The molecule has 0 radical (unpaired) electrons. The summed E-state index contributed by atoms with van der Waals surface area (Å²) in [7, 11) is 0. The number of hydrogen-bond donors (Lipinski definition) is 1. The predicted octanol–water partition coefficient (Wildman–Crippen LogP) is 2.37. The van der Waals surface area contributed by atoms with Crippen LogP contribution in [0.1, 0.15) is 31.4 Å². The van der Waals surface area contributed by atoms with E-state index in [-0.39, 0.29) is 30.8 Å². The molecule has 7 heteroatoms. The lowest BCUT2D eigenvalue weighted by Crippen LogP contribution is -2.72. The molecule has 3 aliphatic rings. The number of nitriles is 1. The van der Waals surface area contributed by atoms with Crippen LogP contribution in [0, 0.1) is 16.7 Å². The molecular weight excluding hydrogens is 406 g/mol. The van der Waals surface area contributed by atoms with Gasteiger partial charge in [0.15, 0.2) is 5.78 Å². The average molecular weight is 429 g/mol. The number of carbonyl (C=O) groups excluding carboxylic acids is 3. The highest BCUT2D eigenvalue weighted by molar-refractivity contribution is 6.22. The topological polar surface area (TPSA) is 99.5 Å². The van der Waals surface area contributed by atoms with Crippen molar-refractivity contribution in [2.45, 2.75) is 44.9 Å². The summed E-state index contributed by atoms with van der Waals surface area (Å²) in [5.74, 6) is -1.41. The van der Waals surface area contributed by atoms with Gasteiger partial charge in [0.2, 0.25) is 11.8 Å². The molecule has 4 atom stereocenters. The van der Waals surface area contributed by atoms with E-state index in [1.54, 1.807) is 12.1 Å². The maximum absolute atomic E-state index is 13.2. The highest BCUT2D eigenvalue weighted by Crippen LogP contribution is 2.48. The lowest BCUT2D eigenvalue weighted by molar-refractivity contribution is -0.158. The summed E-state index contributed by atoms with van der Waals surface area (Å²) in [6.45, 7) is 4.40. The highest BCUT2D eigenvalue weighted by Gasteiger charge is 2.62. The van der Waals surface area contributed by atoms with Crippen molar-refractivity contribution in [1.82, 2.24) is 5.32 Å². The Morgan fingerprint density at radius 3 is 2.50 bits per heavy atom. The van der Waals surface area contributed by atoms with Crippen LogP contribution in [0.4, 0.5) is 5.69 Å². The Morgan fingerprint density at radius 2 is 1.81 bits per heavy atom. The molecule has 0 aliphatic carbocycles. The number of amides is 2. The number of carbonyl (C=O) groups is 3. The molecule has 2 aromatic carbocycles. The monoisotopic (exact) mass is 429 g/mol. The Kier molecular flexibility index (Phi) is 4.64. The number of nitrogens with zero attached hydrogens (tertiary/aromatic N) is 2. The molecule has 162 valence electrons. The second-order valence-corrected chi connectivity index (χ2v) is 8.91. The van der Waals surface area contributed by atoms with E-state index in [4.69, 9.17) is 10.00 Å². The molecular formula is C25H23N3O4. The van der Waals surface area contributed by atoms with E-state index < -0.39 is 23.3 Å². The van der Waals surface area contributed by atoms with Crippen molar-refractivity contribution in [3.8, 4) is 17.2 Å². The molecule has 3 aliphatic heterocycles. The van der Waals surface area contributed by atoms with Crippen LogP contribution in [0.3, 0.4) is 0 Å². The number of morpholine rings is 1. The smallest absolute Gasteiger partial charge is 0.242 e. The quantitative estimate of drug-likeness (QED) is 0.552. The van der Waals surface area contributed by atoms with Crippen molar-refractivity contribution in [3.63, 3.8) is 0 Å². The first-order valence-corrected chi connectivity index (χ1v) is 10.8. The molecule has 2 fully saturated rings. The molecule has 3 heterocycles. The van der Waals surface area contributed by atoms with E-state index in [1.807, 2.05) is 38.1 Å². The lowest BCUT2D eigenvalue weighted by Gasteiger charge is -2.55. The molecule has 0 aromatic heterocycles. The zero-order valence-corrected chi connectivity index (χ0v) is 17.9. The number of rotatable bonds is 1. The first-order chi connectivity index (χ1) is 15.3. The highest BCUT2D eigenvalue weighted by atomic mass is 16.5. The van der Waals surface area contributed by atoms with E-state index in [0.717, 1.165) is 22.4 Å². The molecule has 2 aromatic rings. The summed E-state index contributed by atoms with van der Waals surface area (Å²) in [6, 6.07) is 15.0. The zero-order valence-electron chi connectivity index (χ0n) is 17.9. The van der Waals surface area contributed by atoms with E-state index in [1.165, 1.54) is 0 Å². The van der Waals surface area contributed by atoms with Gasteiger partial charge < -0.3 is 9.64 Å². The lowest BCUT2D eigenvalue weighted by atomic mass is 9.63. The number of piperidine rings is 1. The van der Waals surface area contributed by atoms with Crippen LogP contribution in [0.15, 0.2) is 42.5 Å². The molecule has 0 saturated carbocycles. The second-order valence-electron chi connectivity index (χ2n) is 8.91. The van der Waals surface area contributed by atoms with Gasteiger partial charge in [-0.3, -0.25) is 19.7 Å². The van der Waals surface area contributed by atoms with Gasteiger partial charge in [-0.1, -0.05) is 24.3 Å². The molecule has 2 amide bonds. The van der Waals surface area contributed by atoms with Crippen molar-refractivity contribution in [2.24, 2.45) is 5.41 Å². The van der Waals surface area contributed by atoms with Gasteiger partial charge in [0, 0.05) is 12.2 Å². The summed E-state index contributed by atoms with van der Waals surface area (Å²) in [5.41, 5.74) is 3.09. The van der Waals surface area contributed by atoms with E-state index in [9.17, 15) is 14.4 Å². The maximum atomic E-state index is 13.2. The Hall–Kier alpha value is -3.50. The van der Waals surface area contributed by atoms with Gasteiger partial charge in [0.25, 0.3) is 0 Å². The standard InChI is InChI=1S/C25H23N3O4/c1-14-13-28-20-9-18(17-5-3-16(12-26)4-6-17)7-8-19(20)11-25(23(28)15(2)32-14)21(29)10-22(30)27-24(25)31/h3-9,14-15,23H,10-11,13H2,1-2H3,(H,27,30,31)/t14-,15+,23-,25-/m1/s1. The third-order valence-corrected chi connectivity index (χ3v) is 6.87.